The highest BCUT2D eigenvalue weighted by atomic mass is 16.3. The fourth-order valence-corrected chi connectivity index (χ4v) is 4.30. The molecule has 2 atom stereocenters. The lowest BCUT2D eigenvalue weighted by atomic mass is 9.78. The minimum Gasteiger partial charge on any atom is -0.371 e. The number of nitrogens with one attached hydrogen (secondary N) is 1. The van der Waals surface area contributed by atoms with Crippen molar-refractivity contribution < 1.29 is 14.7 Å². The Morgan fingerprint density at radius 3 is 2.48 bits per heavy atom. The molecule has 1 saturated carbocycles. The van der Waals surface area contributed by atoms with Gasteiger partial charge < -0.3 is 15.3 Å². The second kappa shape index (κ2) is 9.40. The molecule has 2 rings (SSSR count). The predicted octanol–water partition coefficient (Wildman–Crippen LogP) is 3.39. The molecule has 0 bridgehead atoms. The van der Waals surface area contributed by atoms with Crippen LogP contribution in [0.25, 0.3) is 0 Å². The third-order valence-corrected chi connectivity index (χ3v) is 6.20. The van der Waals surface area contributed by atoms with E-state index in [9.17, 15) is 14.7 Å². The summed E-state index contributed by atoms with van der Waals surface area (Å²) >= 11 is 0. The zero-order chi connectivity index (χ0) is 20.0. The highest BCUT2D eigenvalue weighted by Gasteiger charge is 2.56. The van der Waals surface area contributed by atoms with E-state index >= 15 is 0 Å². The first-order valence-electron chi connectivity index (χ1n) is 10.2. The lowest BCUT2D eigenvalue weighted by molar-refractivity contribution is -0.123. The molecule has 1 aliphatic carbocycles. The van der Waals surface area contributed by atoms with Crippen LogP contribution < -0.4 is 5.32 Å². The van der Waals surface area contributed by atoms with Crippen molar-refractivity contribution in [1.82, 2.24) is 15.1 Å². The smallest absolute Gasteiger partial charge is 0.322 e. The summed E-state index contributed by atoms with van der Waals surface area (Å²) in [5, 5.41) is 13.8. The van der Waals surface area contributed by atoms with Crippen LogP contribution in [-0.2, 0) is 4.79 Å². The molecular weight excluding hydrogens is 342 g/mol. The Labute approximate surface area is 163 Å². The van der Waals surface area contributed by atoms with E-state index in [4.69, 9.17) is 0 Å². The molecule has 0 spiro atoms. The number of amides is 3. The van der Waals surface area contributed by atoms with Gasteiger partial charge in [0.05, 0.1) is 5.54 Å². The van der Waals surface area contributed by atoms with Gasteiger partial charge in [0.15, 0.2) is 6.23 Å². The molecule has 0 aromatic rings. The molecule has 2 aliphatic rings. The van der Waals surface area contributed by atoms with Crippen LogP contribution in [0.5, 0.6) is 0 Å². The van der Waals surface area contributed by atoms with Gasteiger partial charge in [-0.15, -0.1) is 0 Å². The quantitative estimate of drug-likeness (QED) is 0.550. The summed E-state index contributed by atoms with van der Waals surface area (Å²) in [6.07, 6.45) is 12.2. The molecule has 152 valence electrons. The summed E-state index contributed by atoms with van der Waals surface area (Å²) in [6.45, 7) is 5.69. The monoisotopic (exact) mass is 377 g/mol. The van der Waals surface area contributed by atoms with Crippen molar-refractivity contribution in [2.45, 2.75) is 77.5 Å². The maximum atomic E-state index is 12.8. The van der Waals surface area contributed by atoms with Gasteiger partial charge in [0.2, 0.25) is 5.91 Å². The Kier molecular flexibility index (Phi) is 7.48. The van der Waals surface area contributed by atoms with Crippen molar-refractivity contribution in [3.63, 3.8) is 0 Å². The molecule has 1 heterocycles. The van der Waals surface area contributed by atoms with Crippen molar-refractivity contribution in [1.29, 1.82) is 0 Å². The summed E-state index contributed by atoms with van der Waals surface area (Å²) in [6, 6.07) is -0.282. The largest absolute Gasteiger partial charge is 0.371 e. The molecule has 6 nitrogen and oxygen atoms in total. The Hall–Kier alpha value is -1.82. The van der Waals surface area contributed by atoms with E-state index in [0.717, 1.165) is 32.1 Å². The summed E-state index contributed by atoms with van der Waals surface area (Å²) in [4.78, 5) is 28.2. The number of carbonyl (C=O) groups excluding carboxylic acids is 2. The van der Waals surface area contributed by atoms with Gasteiger partial charge in [0, 0.05) is 12.7 Å². The van der Waals surface area contributed by atoms with E-state index in [0.29, 0.717) is 5.70 Å². The van der Waals surface area contributed by atoms with E-state index in [1.807, 2.05) is 39.0 Å². The standard InChI is InChI=1S/C21H35N3O3/c1-5-7-14-17(6-2)22-18(25)15-24-19(26)21(3,23(4)20(24)27)16-12-10-8-9-11-13-16/h6-7,14,16,19,26H,5,8-13,15H2,1-4H3,(H,22,25)/b14-7-,17-6+. The summed E-state index contributed by atoms with van der Waals surface area (Å²) in [7, 11) is 1.75. The van der Waals surface area contributed by atoms with Crippen molar-refractivity contribution in [3.05, 3.63) is 23.9 Å². The van der Waals surface area contributed by atoms with E-state index in [1.54, 1.807) is 11.9 Å². The zero-order valence-corrected chi connectivity index (χ0v) is 17.2. The molecular formula is C21H35N3O3. The molecule has 27 heavy (non-hydrogen) atoms. The van der Waals surface area contributed by atoms with Crippen LogP contribution in [0.4, 0.5) is 4.79 Å². The van der Waals surface area contributed by atoms with Gasteiger partial charge in [-0.2, -0.15) is 0 Å². The van der Waals surface area contributed by atoms with Gasteiger partial charge in [-0.3, -0.25) is 9.69 Å². The second-order valence-corrected chi connectivity index (χ2v) is 7.86. The Bertz CT molecular complexity index is 593. The predicted molar refractivity (Wildman–Crippen MR) is 107 cm³/mol. The number of rotatable bonds is 6. The molecule has 6 heteroatoms. The number of allylic oxidation sites excluding steroid dienone is 3. The zero-order valence-electron chi connectivity index (χ0n) is 17.2. The SMILES string of the molecule is C/C=C(\C=C/CC)NC(=O)CN1C(=O)N(C)C(C)(C2CCCCCC2)C1O. The summed E-state index contributed by atoms with van der Waals surface area (Å²) < 4.78 is 0. The molecule has 2 unspecified atom stereocenters. The first kappa shape index (κ1) is 21.5. The molecule has 0 radical (unpaired) electrons. The Morgan fingerprint density at radius 2 is 1.93 bits per heavy atom. The van der Waals surface area contributed by atoms with E-state index < -0.39 is 11.8 Å². The van der Waals surface area contributed by atoms with Crippen LogP contribution in [0.2, 0.25) is 0 Å². The van der Waals surface area contributed by atoms with E-state index in [-0.39, 0.29) is 24.4 Å². The number of urea groups is 1. The van der Waals surface area contributed by atoms with Crippen LogP contribution in [0.3, 0.4) is 0 Å². The third-order valence-electron chi connectivity index (χ3n) is 6.20. The van der Waals surface area contributed by atoms with Crippen molar-refractivity contribution in [3.8, 4) is 0 Å². The van der Waals surface area contributed by atoms with Gasteiger partial charge in [0.25, 0.3) is 0 Å². The van der Waals surface area contributed by atoms with Gasteiger partial charge in [0.1, 0.15) is 6.54 Å². The average Bonchev–Trinajstić information content (AvgIpc) is 2.90. The molecule has 0 aromatic heterocycles. The number of hydrogen-bond donors (Lipinski definition) is 2. The Morgan fingerprint density at radius 1 is 1.30 bits per heavy atom. The minimum absolute atomic E-state index is 0.149. The fourth-order valence-electron chi connectivity index (χ4n) is 4.30. The normalized spacial score (nSPS) is 28.1. The number of aliphatic hydroxyl groups excluding tert-OH is 1. The van der Waals surface area contributed by atoms with Crippen LogP contribution in [0, 0.1) is 5.92 Å². The molecule has 3 amide bonds. The van der Waals surface area contributed by atoms with Crippen molar-refractivity contribution >= 4 is 11.9 Å². The molecule has 1 saturated heterocycles. The maximum Gasteiger partial charge on any atom is 0.322 e. The van der Waals surface area contributed by atoms with Crippen LogP contribution in [-0.4, -0.2) is 52.2 Å². The summed E-state index contributed by atoms with van der Waals surface area (Å²) in [5.74, 6) is -0.0506. The molecule has 2 N–H and O–H groups in total. The number of aliphatic hydroxyl groups is 1. The van der Waals surface area contributed by atoms with Gasteiger partial charge in [-0.25, -0.2) is 4.79 Å². The van der Waals surface area contributed by atoms with E-state index in [1.165, 1.54) is 17.7 Å². The lowest BCUT2D eigenvalue weighted by Gasteiger charge is -2.40. The average molecular weight is 378 g/mol. The number of nitrogens with zero attached hydrogens (tertiary/aromatic N) is 2. The molecule has 1 aliphatic heterocycles. The van der Waals surface area contributed by atoms with Gasteiger partial charge >= 0.3 is 6.03 Å². The van der Waals surface area contributed by atoms with E-state index in [2.05, 4.69) is 5.32 Å². The second-order valence-electron chi connectivity index (χ2n) is 7.86. The van der Waals surface area contributed by atoms with Gasteiger partial charge in [-0.1, -0.05) is 44.8 Å². The molecule has 0 aromatic carbocycles. The highest BCUT2D eigenvalue weighted by Crippen LogP contribution is 2.42. The first-order valence-corrected chi connectivity index (χ1v) is 10.2. The third kappa shape index (κ3) is 4.54. The fraction of sp³-hybridized carbons (Fsp3) is 0.714. The number of hydrogen-bond acceptors (Lipinski definition) is 3. The number of likely N-dealkylation sites (N-methyl/N-ethyl adjacent to an activating group) is 1. The molecule has 2 fully saturated rings. The van der Waals surface area contributed by atoms with Crippen LogP contribution in [0.15, 0.2) is 23.9 Å². The van der Waals surface area contributed by atoms with Crippen molar-refractivity contribution in [2.75, 3.05) is 13.6 Å². The lowest BCUT2D eigenvalue weighted by Crippen LogP contribution is -2.54. The Balaban J connectivity index is 2.10. The van der Waals surface area contributed by atoms with Crippen molar-refractivity contribution in [2.24, 2.45) is 5.92 Å². The van der Waals surface area contributed by atoms with Crippen LogP contribution in [0.1, 0.15) is 65.7 Å². The first-order chi connectivity index (χ1) is 12.9. The minimum atomic E-state index is -0.982. The van der Waals surface area contributed by atoms with Gasteiger partial charge in [-0.05, 0) is 45.1 Å². The number of carbonyl (C=O) groups is 2. The summed E-state index contributed by atoms with van der Waals surface area (Å²) in [5.41, 5.74) is 0.0376. The highest BCUT2D eigenvalue weighted by molar-refractivity contribution is 5.87. The van der Waals surface area contributed by atoms with Crippen LogP contribution >= 0.6 is 0 Å². The maximum absolute atomic E-state index is 12.8. The topological polar surface area (TPSA) is 72.9 Å².